The molecule has 2 aliphatic heterocycles. The molecule has 0 radical (unpaired) electrons. The van der Waals surface area contributed by atoms with Gasteiger partial charge in [-0.3, -0.25) is 5.32 Å². The Hall–Kier alpha value is -2.65. The first-order valence-corrected chi connectivity index (χ1v) is 10.3. The molecule has 2 aliphatic rings. The lowest BCUT2D eigenvalue weighted by molar-refractivity contribution is 0.150. The Morgan fingerprint density at radius 2 is 1.93 bits per heavy atom. The molecule has 2 aromatic heterocycles. The molecule has 3 aromatic rings. The molecule has 5 rings (SSSR count). The van der Waals surface area contributed by atoms with Gasteiger partial charge in [-0.15, -0.1) is 20.4 Å². The monoisotopic (exact) mass is 395 g/mol. The summed E-state index contributed by atoms with van der Waals surface area (Å²) in [5.41, 5.74) is 7.86. The van der Waals surface area contributed by atoms with Crippen molar-refractivity contribution in [2.45, 2.75) is 50.7 Å². The minimum atomic E-state index is -0.107. The first-order valence-electron chi connectivity index (χ1n) is 9.50. The summed E-state index contributed by atoms with van der Waals surface area (Å²) in [6.45, 7) is 1.93. The van der Waals surface area contributed by atoms with Gasteiger partial charge < -0.3 is 10.6 Å². The number of aromatic nitrogens is 4. The Morgan fingerprint density at radius 1 is 1.14 bits per heavy atom. The quantitative estimate of drug-likeness (QED) is 0.690. The summed E-state index contributed by atoms with van der Waals surface area (Å²) in [5.74, 6) is 0.456. The second kappa shape index (κ2) is 6.75. The van der Waals surface area contributed by atoms with Gasteiger partial charge in [-0.25, -0.2) is 4.79 Å². The van der Waals surface area contributed by atoms with Crippen LogP contribution in [-0.4, -0.2) is 49.5 Å². The van der Waals surface area contributed by atoms with Gasteiger partial charge in [0.15, 0.2) is 5.82 Å². The highest BCUT2D eigenvalue weighted by Crippen LogP contribution is 2.35. The number of nitrogens with one attached hydrogen (secondary N) is 1. The Balaban J connectivity index is 1.39. The van der Waals surface area contributed by atoms with E-state index in [0.29, 0.717) is 5.82 Å². The van der Waals surface area contributed by atoms with Gasteiger partial charge >= 0.3 is 6.03 Å². The minimum Gasteiger partial charge on any atom is -0.328 e. The number of anilines is 1. The van der Waals surface area contributed by atoms with Crippen LogP contribution >= 0.6 is 11.3 Å². The van der Waals surface area contributed by atoms with E-state index >= 15 is 0 Å². The molecular formula is C19H21N7OS. The predicted molar refractivity (Wildman–Crippen MR) is 108 cm³/mol. The highest BCUT2D eigenvalue weighted by Gasteiger charge is 2.42. The van der Waals surface area contributed by atoms with Crippen LogP contribution in [0.25, 0.3) is 21.5 Å². The number of nitrogens with zero attached hydrogens (tertiary/aromatic N) is 5. The lowest BCUT2D eigenvalue weighted by Crippen LogP contribution is -2.51. The SMILES string of the molecule is Cc1nnc(-c2ccc3nnc(NC(=O)N4C5CCC4CC(N)C5)cc3c2)s1. The third-order valence-corrected chi connectivity index (χ3v) is 6.49. The Bertz CT molecular complexity index is 1040. The number of carbonyl (C=O) groups excluding carboxylic acids is 1. The molecule has 8 nitrogen and oxygen atoms in total. The van der Waals surface area contributed by atoms with Crippen molar-refractivity contribution in [3.63, 3.8) is 0 Å². The zero-order valence-electron chi connectivity index (χ0n) is 15.5. The second-order valence-electron chi connectivity index (χ2n) is 7.58. The largest absolute Gasteiger partial charge is 0.328 e. The third-order valence-electron chi connectivity index (χ3n) is 5.60. The van der Waals surface area contributed by atoms with Gasteiger partial charge in [-0.1, -0.05) is 11.3 Å². The van der Waals surface area contributed by atoms with E-state index in [-0.39, 0.29) is 24.2 Å². The van der Waals surface area contributed by atoms with E-state index in [1.807, 2.05) is 36.1 Å². The minimum absolute atomic E-state index is 0.107. The van der Waals surface area contributed by atoms with Crippen molar-refractivity contribution in [3.05, 3.63) is 29.3 Å². The van der Waals surface area contributed by atoms with Crippen LogP contribution in [0.4, 0.5) is 10.6 Å². The summed E-state index contributed by atoms with van der Waals surface area (Å²) in [6.07, 6.45) is 3.80. The summed E-state index contributed by atoms with van der Waals surface area (Å²) >= 11 is 1.55. The first-order chi connectivity index (χ1) is 13.6. The average molecular weight is 395 g/mol. The summed E-state index contributed by atoms with van der Waals surface area (Å²) in [6, 6.07) is 8.28. The van der Waals surface area contributed by atoms with Crippen LogP contribution in [0.5, 0.6) is 0 Å². The number of hydrogen-bond donors (Lipinski definition) is 2. The fraction of sp³-hybridized carbons (Fsp3) is 0.421. The van der Waals surface area contributed by atoms with Crippen molar-refractivity contribution in [2.75, 3.05) is 5.32 Å². The van der Waals surface area contributed by atoms with Crippen LogP contribution in [0.2, 0.25) is 0 Å². The van der Waals surface area contributed by atoms with Gasteiger partial charge in [0.25, 0.3) is 0 Å². The van der Waals surface area contributed by atoms with Crippen molar-refractivity contribution >= 4 is 34.1 Å². The molecule has 0 aliphatic carbocycles. The number of amides is 2. The van der Waals surface area contributed by atoms with Crippen molar-refractivity contribution in [1.82, 2.24) is 25.3 Å². The van der Waals surface area contributed by atoms with E-state index in [1.165, 1.54) is 0 Å². The molecule has 3 N–H and O–H groups in total. The topological polar surface area (TPSA) is 110 Å². The normalized spacial score (nSPS) is 23.9. The number of carbonyl (C=O) groups is 1. The molecule has 0 spiro atoms. The first kappa shape index (κ1) is 17.4. The van der Waals surface area contributed by atoms with Crippen molar-refractivity contribution in [1.29, 1.82) is 0 Å². The molecule has 28 heavy (non-hydrogen) atoms. The van der Waals surface area contributed by atoms with Gasteiger partial charge in [-0.2, -0.15) is 0 Å². The molecule has 9 heteroatoms. The van der Waals surface area contributed by atoms with Crippen LogP contribution in [0.1, 0.15) is 30.7 Å². The molecule has 2 saturated heterocycles. The van der Waals surface area contributed by atoms with Gasteiger partial charge in [0.2, 0.25) is 0 Å². The summed E-state index contributed by atoms with van der Waals surface area (Å²) in [5, 5.41) is 22.3. The molecule has 2 unspecified atom stereocenters. The number of aryl methyl sites for hydroxylation is 1. The second-order valence-corrected chi connectivity index (χ2v) is 8.76. The van der Waals surface area contributed by atoms with E-state index in [9.17, 15) is 4.79 Å². The molecule has 4 heterocycles. The Morgan fingerprint density at radius 3 is 2.64 bits per heavy atom. The lowest BCUT2D eigenvalue weighted by Gasteiger charge is -2.37. The maximum absolute atomic E-state index is 12.9. The Kier molecular flexibility index (Phi) is 4.21. The number of hydrogen-bond acceptors (Lipinski definition) is 7. The zero-order chi connectivity index (χ0) is 19.3. The molecule has 144 valence electrons. The zero-order valence-corrected chi connectivity index (χ0v) is 16.3. The summed E-state index contributed by atoms with van der Waals surface area (Å²) < 4.78 is 0. The summed E-state index contributed by atoms with van der Waals surface area (Å²) in [4.78, 5) is 14.8. The highest BCUT2D eigenvalue weighted by molar-refractivity contribution is 7.14. The van der Waals surface area contributed by atoms with Crippen LogP contribution in [0.15, 0.2) is 24.3 Å². The number of piperidine rings is 1. The van der Waals surface area contributed by atoms with Crippen molar-refractivity contribution in [3.8, 4) is 10.6 Å². The standard InChI is InChI=1S/C19H21N7OS/c1-10-22-25-18(28-10)11-2-5-16-12(6-11)7-17(24-23-16)21-19(27)26-14-3-4-15(26)9-13(20)8-14/h2,5-7,13-15H,3-4,8-9,20H2,1H3,(H,21,24,27). The molecule has 1 aromatic carbocycles. The highest BCUT2D eigenvalue weighted by atomic mass is 32.1. The Labute approximate surface area is 166 Å². The van der Waals surface area contributed by atoms with Gasteiger partial charge in [-0.05, 0) is 56.9 Å². The molecule has 0 saturated carbocycles. The van der Waals surface area contributed by atoms with E-state index in [1.54, 1.807) is 11.3 Å². The van der Waals surface area contributed by atoms with Crippen molar-refractivity contribution in [2.24, 2.45) is 5.73 Å². The molecule has 2 bridgehead atoms. The fourth-order valence-electron chi connectivity index (χ4n) is 4.38. The number of nitrogens with two attached hydrogens (primary N) is 1. The predicted octanol–water partition coefficient (Wildman–Crippen LogP) is 2.94. The average Bonchev–Trinajstić information content (AvgIpc) is 3.22. The van der Waals surface area contributed by atoms with E-state index in [2.05, 4.69) is 25.7 Å². The van der Waals surface area contributed by atoms with Crippen LogP contribution in [0, 0.1) is 6.92 Å². The van der Waals surface area contributed by atoms with Gasteiger partial charge in [0, 0.05) is 29.1 Å². The van der Waals surface area contributed by atoms with Crippen molar-refractivity contribution < 1.29 is 4.79 Å². The van der Waals surface area contributed by atoms with E-state index in [4.69, 9.17) is 5.73 Å². The smallest absolute Gasteiger partial charge is 0.323 e. The lowest BCUT2D eigenvalue weighted by atomic mass is 9.99. The fourth-order valence-corrected chi connectivity index (χ4v) is 5.07. The van der Waals surface area contributed by atoms with Gasteiger partial charge in [0.1, 0.15) is 10.0 Å². The molecule has 2 amide bonds. The molecule has 2 fully saturated rings. The van der Waals surface area contributed by atoms with Crippen LogP contribution in [0.3, 0.4) is 0 Å². The number of urea groups is 1. The van der Waals surface area contributed by atoms with Gasteiger partial charge in [0.05, 0.1) is 5.52 Å². The summed E-state index contributed by atoms with van der Waals surface area (Å²) in [7, 11) is 0. The maximum atomic E-state index is 12.9. The van der Waals surface area contributed by atoms with E-state index in [0.717, 1.165) is 52.2 Å². The number of rotatable bonds is 2. The number of fused-ring (bicyclic) bond motifs is 3. The van der Waals surface area contributed by atoms with Crippen LogP contribution < -0.4 is 11.1 Å². The molecule has 2 atom stereocenters. The van der Waals surface area contributed by atoms with Crippen LogP contribution in [-0.2, 0) is 0 Å². The van der Waals surface area contributed by atoms with E-state index < -0.39 is 0 Å². The molecular weight excluding hydrogens is 374 g/mol. The maximum Gasteiger partial charge on any atom is 0.323 e. The third kappa shape index (κ3) is 3.10. The number of benzene rings is 1.